The second-order valence-electron chi connectivity index (χ2n) is 6.44. The number of aromatic nitrogens is 1. The first-order valence-corrected chi connectivity index (χ1v) is 10.5. The van der Waals surface area contributed by atoms with Gasteiger partial charge in [-0.3, -0.25) is 24.6 Å². The summed E-state index contributed by atoms with van der Waals surface area (Å²) in [5.74, 6) is -0.368. The molecule has 1 aliphatic rings. The van der Waals surface area contributed by atoms with E-state index in [-0.39, 0.29) is 23.4 Å². The van der Waals surface area contributed by atoms with E-state index in [0.29, 0.717) is 16.3 Å². The Bertz CT molecular complexity index is 1200. The molecule has 2 heterocycles. The highest BCUT2D eigenvalue weighted by atomic mass is 79.9. The summed E-state index contributed by atoms with van der Waals surface area (Å²) in [4.78, 5) is 37.4. The number of hydrogen-bond donors (Lipinski definition) is 0. The molecule has 1 fully saturated rings. The van der Waals surface area contributed by atoms with Crippen molar-refractivity contribution < 1.29 is 14.5 Å². The first kappa shape index (κ1) is 20.1. The monoisotopic (exact) mass is 483 g/mol. The number of nitro benzene ring substituents is 1. The maximum absolute atomic E-state index is 12.9. The molecule has 0 unspecified atom stereocenters. The predicted octanol–water partition coefficient (Wildman–Crippen LogP) is 5.38. The number of non-ortho nitro benzene ring substituents is 1. The van der Waals surface area contributed by atoms with Gasteiger partial charge in [-0.05, 0) is 47.7 Å². The average molecular weight is 484 g/mol. The second kappa shape index (κ2) is 8.29. The smallest absolute Gasteiger partial charge is 0.293 e. The van der Waals surface area contributed by atoms with Crippen LogP contribution in [0.15, 0.2) is 76.2 Å². The fraction of sp³-hybridized carbons (Fsp3) is 0.0476. The van der Waals surface area contributed by atoms with E-state index in [9.17, 15) is 19.7 Å². The Kier molecular flexibility index (Phi) is 5.56. The van der Waals surface area contributed by atoms with Crippen LogP contribution in [0.1, 0.15) is 11.3 Å². The third-order valence-electron chi connectivity index (χ3n) is 4.54. The number of amides is 2. The molecule has 4 rings (SSSR count). The lowest BCUT2D eigenvalue weighted by molar-refractivity contribution is -0.384. The summed E-state index contributed by atoms with van der Waals surface area (Å²) in [5.41, 5.74) is 2.04. The van der Waals surface area contributed by atoms with E-state index < -0.39 is 4.92 Å². The van der Waals surface area contributed by atoms with Gasteiger partial charge in [-0.1, -0.05) is 40.2 Å². The average Bonchev–Trinajstić information content (AvgIpc) is 3.30. The molecular weight excluding hydrogens is 470 g/mol. The molecule has 0 aliphatic carbocycles. The first-order chi connectivity index (χ1) is 14.4. The minimum atomic E-state index is -0.459. The van der Waals surface area contributed by atoms with E-state index in [1.165, 1.54) is 17.0 Å². The van der Waals surface area contributed by atoms with Crippen LogP contribution in [0, 0.1) is 10.1 Å². The van der Waals surface area contributed by atoms with E-state index in [0.717, 1.165) is 21.8 Å². The van der Waals surface area contributed by atoms with Crippen molar-refractivity contribution in [3.63, 3.8) is 0 Å². The van der Waals surface area contributed by atoms with Crippen LogP contribution in [-0.4, -0.2) is 25.5 Å². The zero-order valence-corrected chi connectivity index (χ0v) is 17.8. The van der Waals surface area contributed by atoms with Gasteiger partial charge in [-0.25, -0.2) is 0 Å². The topological polar surface area (TPSA) is 85.5 Å². The van der Waals surface area contributed by atoms with Crippen molar-refractivity contribution in [3.8, 4) is 5.69 Å². The van der Waals surface area contributed by atoms with Crippen molar-refractivity contribution in [2.24, 2.45) is 0 Å². The van der Waals surface area contributed by atoms with Gasteiger partial charge in [0, 0.05) is 28.5 Å². The standard InChI is InChI=1S/C21H14BrN3O4S/c22-18-9-2-1-5-14(18)13-24-20(26)19(30-21(24)27)12-16-8-4-10-23(16)15-6-3-7-17(11-15)25(28)29/h1-12H,13H2/b19-12-. The minimum absolute atomic E-state index is 0.0269. The molecule has 0 radical (unpaired) electrons. The number of carbonyl (C=O) groups is 2. The van der Waals surface area contributed by atoms with Crippen LogP contribution in [-0.2, 0) is 11.3 Å². The van der Waals surface area contributed by atoms with Gasteiger partial charge in [0.25, 0.3) is 16.8 Å². The van der Waals surface area contributed by atoms with E-state index in [2.05, 4.69) is 15.9 Å². The van der Waals surface area contributed by atoms with Crippen molar-refractivity contribution in [2.45, 2.75) is 6.54 Å². The van der Waals surface area contributed by atoms with Crippen molar-refractivity contribution in [1.82, 2.24) is 9.47 Å². The molecule has 1 saturated heterocycles. The first-order valence-electron chi connectivity index (χ1n) is 8.85. The number of halogens is 1. The van der Waals surface area contributed by atoms with E-state index >= 15 is 0 Å². The van der Waals surface area contributed by atoms with Gasteiger partial charge < -0.3 is 4.57 Å². The largest absolute Gasteiger partial charge is 0.317 e. The lowest BCUT2D eigenvalue weighted by Gasteiger charge is -2.13. The highest BCUT2D eigenvalue weighted by Gasteiger charge is 2.35. The Morgan fingerprint density at radius 1 is 1.07 bits per heavy atom. The summed E-state index contributed by atoms with van der Waals surface area (Å²) >= 11 is 4.32. The highest BCUT2D eigenvalue weighted by molar-refractivity contribution is 9.10. The van der Waals surface area contributed by atoms with Crippen LogP contribution in [0.25, 0.3) is 11.8 Å². The lowest BCUT2D eigenvalue weighted by atomic mass is 10.2. The van der Waals surface area contributed by atoms with Crippen molar-refractivity contribution >= 4 is 50.6 Å². The Labute approximate surface area is 184 Å². The third-order valence-corrected chi connectivity index (χ3v) is 6.22. The van der Waals surface area contributed by atoms with Crippen LogP contribution < -0.4 is 0 Å². The molecule has 0 N–H and O–H groups in total. The lowest BCUT2D eigenvalue weighted by Crippen LogP contribution is -2.27. The molecule has 2 aromatic carbocycles. The molecule has 3 aromatic rings. The minimum Gasteiger partial charge on any atom is -0.317 e. The normalized spacial score (nSPS) is 15.2. The number of hydrogen-bond acceptors (Lipinski definition) is 5. The quantitative estimate of drug-likeness (QED) is 0.276. The zero-order chi connectivity index (χ0) is 21.3. The van der Waals surface area contributed by atoms with Gasteiger partial charge >= 0.3 is 0 Å². The molecule has 0 saturated carbocycles. The Morgan fingerprint density at radius 3 is 2.63 bits per heavy atom. The molecular formula is C21H14BrN3O4S. The summed E-state index contributed by atoms with van der Waals surface area (Å²) in [6.07, 6.45) is 3.37. The van der Waals surface area contributed by atoms with E-state index in [1.54, 1.807) is 41.1 Å². The van der Waals surface area contributed by atoms with Gasteiger partial charge in [-0.15, -0.1) is 0 Å². The number of imide groups is 1. The molecule has 1 aromatic heterocycles. The number of rotatable bonds is 5. The Morgan fingerprint density at radius 2 is 1.87 bits per heavy atom. The van der Waals surface area contributed by atoms with Crippen molar-refractivity contribution in [3.05, 3.63) is 97.6 Å². The maximum atomic E-state index is 12.9. The number of nitrogens with zero attached hydrogens (tertiary/aromatic N) is 3. The van der Waals surface area contributed by atoms with Crippen LogP contribution in [0.4, 0.5) is 10.5 Å². The van der Waals surface area contributed by atoms with Crippen molar-refractivity contribution in [1.29, 1.82) is 0 Å². The van der Waals surface area contributed by atoms with Gasteiger partial charge in [0.2, 0.25) is 0 Å². The maximum Gasteiger partial charge on any atom is 0.293 e. The second-order valence-corrected chi connectivity index (χ2v) is 8.29. The molecule has 2 amide bonds. The van der Waals surface area contributed by atoms with Crippen LogP contribution in [0.5, 0.6) is 0 Å². The molecule has 30 heavy (non-hydrogen) atoms. The van der Waals surface area contributed by atoms with E-state index in [1.807, 2.05) is 24.3 Å². The van der Waals surface area contributed by atoms with Crippen LogP contribution in [0.3, 0.4) is 0 Å². The number of nitro groups is 1. The number of carbonyl (C=O) groups excluding carboxylic acids is 2. The van der Waals surface area contributed by atoms with Gasteiger partial charge in [0.05, 0.1) is 22.1 Å². The molecule has 7 nitrogen and oxygen atoms in total. The van der Waals surface area contributed by atoms with Gasteiger partial charge in [0.15, 0.2) is 0 Å². The highest BCUT2D eigenvalue weighted by Crippen LogP contribution is 2.34. The Balaban J connectivity index is 1.63. The molecule has 0 spiro atoms. The van der Waals surface area contributed by atoms with Crippen LogP contribution >= 0.6 is 27.7 Å². The van der Waals surface area contributed by atoms with Gasteiger partial charge in [-0.2, -0.15) is 0 Å². The van der Waals surface area contributed by atoms with Crippen molar-refractivity contribution in [2.75, 3.05) is 0 Å². The van der Waals surface area contributed by atoms with Crippen LogP contribution in [0.2, 0.25) is 0 Å². The molecule has 0 bridgehead atoms. The number of benzene rings is 2. The summed E-state index contributed by atoms with van der Waals surface area (Å²) in [7, 11) is 0. The molecule has 0 atom stereocenters. The SMILES string of the molecule is O=C1S/C(=C\c2cccn2-c2cccc([N+](=O)[O-])c2)C(=O)N1Cc1ccccc1Br. The summed E-state index contributed by atoms with van der Waals surface area (Å²) in [5, 5.41) is 10.7. The van der Waals surface area contributed by atoms with E-state index in [4.69, 9.17) is 0 Å². The molecule has 9 heteroatoms. The zero-order valence-electron chi connectivity index (χ0n) is 15.4. The predicted molar refractivity (Wildman–Crippen MR) is 118 cm³/mol. The third kappa shape index (κ3) is 3.94. The Hall–Kier alpha value is -3.17. The fourth-order valence-electron chi connectivity index (χ4n) is 3.07. The molecule has 1 aliphatic heterocycles. The summed E-state index contributed by atoms with van der Waals surface area (Å²) in [6, 6.07) is 17.2. The molecule has 150 valence electrons. The van der Waals surface area contributed by atoms with Gasteiger partial charge in [0.1, 0.15) is 0 Å². The summed E-state index contributed by atoms with van der Waals surface area (Å²) < 4.78 is 2.56. The number of thioether (sulfide) groups is 1. The summed E-state index contributed by atoms with van der Waals surface area (Å²) in [6.45, 7) is 0.176. The fourth-order valence-corrected chi connectivity index (χ4v) is 4.30.